The highest BCUT2D eigenvalue weighted by molar-refractivity contribution is 8.26. The number of nitrogens with one attached hydrogen (secondary N) is 1. The Balaban J connectivity index is 1.63. The fraction of sp³-hybridized carbons (Fsp3) is 0.174. The van der Waals surface area contributed by atoms with Crippen LogP contribution in [-0.2, 0) is 16.0 Å². The third-order valence-corrected chi connectivity index (χ3v) is 5.76. The number of thioether (sulfide) groups is 1. The van der Waals surface area contributed by atoms with E-state index in [1.54, 1.807) is 24.3 Å². The van der Waals surface area contributed by atoms with E-state index in [1.165, 1.54) is 16.7 Å². The van der Waals surface area contributed by atoms with Crippen LogP contribution in [0.4, 0.5) is 5.69 Å². The maximum atomic E-state index is 12.5. The Labute approximate surface area is 185 Å². The first kappa shape index (κ1) is 21.8. The molecule has 0 bridgehead atoms. The van der Waals surface area contributed by atoms with E-state index in [-0.39, 0.29) is 18.4 Å². The van der Waals surface area contributed by atoms with Crippen molar-refractivity contribution >= 4 is 51.9 Å². The molecule has 1 aliphatic rings. The molecule has 3 rings (SSSR count). The number of aryl methyl sites for hydroxylation is 1. The zero-order valence-electron chi connectivity index (χ0n) is 16.6. The van der Waals surface area contributed by atoms with Gasteiger partial charge in [0.25, 0.3) is 11.8 Å². The number of anilines is 1. The highest BCUT2D eigenvalue weighted by Crippen LogP contribution is 2.32. The van der Waals surface area contributed by atoms with Crippen LogP contribution in [0.5, 0.6) is 5.75 Å². The molecule has 1 saturated heterocycles. The molecule has 154 valence electrons. The minimum atomic E-state index is -0.230. The van der Waals surface area contributed by atoms with Crippen molar-refractivity contribution in [3.8, 4) is 5.75 Å². The quantitative estimate of drug-likeness (QED) is 0.369. The summed E-state index contributed by atoms with van der Waals surface area (Å²) < 4.78 is 6.16. The van der Waals surface area contributed by atoms with Crippen molar-refractivity contribution in [2.45, 2.75) is 13.3 Å². The number of rotatable bonds is 8. The van der Waals surface area contributed by atoms with Gasteiger partial charge in [-0.05, 0) is 41.8 Å². The molecule has 0 spiro atoms. The summed E-state index contributed by atoms with van der Waals surface area (Å²) in [6, 6.07) is 14.9. The third kappa shape index (κ3) is 5.37. The van der Waals surface area contributed by atoms with Crippen LogP contribution in [0, 0.1) is 0 Å². The Morgan fingerprint density at radius 2 is 2.07 bits per heavy atom. The summed E-state index contributed by atoms with van der Waals surface area (Å²) in [6.07, 6.45) is 4.25. The van der Waals surface area contributed by atoms with Gasteiger partial charge in [0.05, 0.1) is 4.91 Å². The van der Waals surface area contributed by atoms with Gasteiger partial charge >= 0.3 is 0 Å². The lowest BCUT2D eigenvalue weighted by atomic mass is 10.1. The topological polar surface area (TPSA) is 58.6 Å². The molecule has 5 nitrogen and oxygen atoms in total. The van der Waals surface area contributed by atoms with E-state index in [2.05, 4.69) is 11.9 Å². The average Bonchev–Trinajstić information content (AvgIpc) is 3.00. The Bertz CT molecular complexity index is 1020. The molecule has 0 unspecified atom stereocenters. The molecule has 0 atom stereocenters. The van der Waals surface area contributed by atoms with Crippen LogP contribution in [0.1, 0.15) is 18.1 Å². The summed E-state index contributed by atoms with van der Waals surface area (Å²) in [5.41, 5.74) is 2.66. The predicted octanol–water partition coefficient (Wildman–Crippen LogP) is 4.65. The van der Waals surface area contributed by atoms with Crippen LogP contribution in [0.3, 0.4) is 0 Å². The zero-order valence-corrected chi connectivity index (χ0v) is 18.2. The SMILES string of the molecule is C=CCN1C(=O)/C(=C/c2cccc(OCC(=O)Nc3ccccc3CC)c2)SC1=S. The van der Waals surface area contributed by atoms with Gasteiger partial charge in [0, 0.05) is 12.2 Å². The van der Waals surface area contributed by atoms with Gasteiger partial charge in [0.2, 0.25) is 0 Å². The number of para-hydroxylation sites is 1. The van der Waals surface area contributed by atoms with E-state index in [4.69, 9.17) is 17.0 Å². The molecule has 1 heterocycles. The molecular formula is C23H22N2O3S2. The second kappa shape index (κ2) is 10.2. The van der Waals surface area contributed by atoms with Crippen molar-refractivity contribution < 1.29 is 14.3 Å². The number of carbonyl (C=O) groups excluding carboxylic acids is 2. The standard InChI is InChI=1S/C23H22N2O3S2/c1-3-12-25-22(27)20(30-23(25)29)14-16-8-7-10-18(13-16)28-15-21(26)24-19-11-6-5-9-17(19)4-2/h3,5-11,13-14H,1,4,12,15H2,2H3,(H,24,26)/b20-14-. The van der Waals surface area contributed by atoms with E-state index >= 15 is 0 Å². The van der Waals surface area contributed by atoms with E-state index < -0.39 is 0 Å². The summed E-state index contributed by atoms with van der Waals surface area (Å²) in [6.45, 7) is 5.97. The van der Waals surface area contributed by atoms with Gasteiger partial charge in [-0.15, -0.1) is 6.58 Å². The molecule has 2 aromatic carbocycles. The smallest absolute Gasteiger partial charge is 0.266 e. The van der Waals surface area contributed by atoms with Crippen molar-refractivity contribution in [2.75, 3.05) is 18.5 Å². The van der Waals surface area contributed by atoms with Crippen molar-refractivity contribution in [3.63, 3.8) is 0 Å². The van der Waals surface area contributed by atoms with Gasteiger partial charge in [-0.25, -0.2) is 0 Å². The van der Waals surface area contributed by atoms with Crippen LogP contribution < -0.4 is 10.1 Å². The average molecular weight is 439 g/mol. The lowest BCUT2D eigenvalue weighted by molar-refractivity contribution is -0.121. The van der Waals surface area contributed by atoms with Crippen LogP contribution in [0.15, 0.2) is 66.1 Å². The number of benzene rings is 2. The second-order valence-electron chi connectivity index (χ2n) is 6.50. The van der Waals surface area contributed by atoms with Crippen LogP contribution in [0.25, 0.3) is 6.08 Å². The van der Waals surface area contributed by atoms with Crippen molar-refractivity contribution in [1.29, 1.82) is 0 Å². The fourth-order valence-electron chi connectivity index (χ4n) is 2.92. The number of ether oxygens (including phenoxy) is 1. The van der Waals surface area contributed by atoms with E-state index in [1.807, 2.05) is 43.3 Å². The Morgan fingerprint density at radius 1 is 1.27 bits per heavy atom. The van der Waals surface area contributed by atoms with Gasteiger partial charge in [0.15, 0.2) is 6.61 Å². The lowest BCUT2D eigenvalue weighted by Crippen LogP contribution is -2.27. The van der Waals surface area contributed by atoms with Gasteiger partial charge in [0.1, 0.15) is 10.1 Å². The normalized spacial score (nSPS) is 14.8. The number of carbonyl (C=O) groups is 2. The molecule has 1 aliphatic heterocycles. The molecule has 2 aromatic rings. The highest BCUT2D eigenvalue weighted by Gasteiger charge is 2.30. The van der Waals surface area contributed by atoms with Crippen LogP contribution >= 0.6 is 24.0 Å². The first-order valence-corrected chi connectivity index (χ1v) is 10.7. The van der Waals surface area contributed by atoms with Crippen LogP contribution in [0.2, 0.25) is 0 Å². The number of thiocarbonyl (C=S) groups is 1. The number of nitrogens with zero attached hydrogens (tertiary/aromatic N) is 1. The van der Waals surface area contributed by atoms with Gasteiger partial charge in [-0.1, -0.05) is 67.3 Å². The highest BCUT2D eigenvalue weighted by atomic mass is 32.2. The summed E-state index contributed by atoms with van der Waals surface area (Å²) >= 11 is 6.52. The number of hydrogen-bond donors (Lipinski definition) is 1. The zero-order chi connectivity index (χ0) is 21.5. The van der Waals surface area contributed by atoms with Gasteiger partial charge < -0.3 is 10.1 Å². The van der Waals surface area contributed by atoms with Crippen molar-refractivity contribution in [2.24, 2.45) is 0 Å². The molecule has 0 saturated carbocycles. The minimum Gasteiger partial charge on any atom is -0.484 e. The maximum absolute atomic E-state index is 12.5. The molecule has 1 fully saturated rings. The van der Waals surface area contributed by atoms with Gasteiger partial charge in [-0.2, -0.15) is 0 Å². The summed E-state index contributed by atoms with van der Waals surface area (Å²) in [5.74, 6) is 0.182. The Morgan fingerprint density at radius 3 is 2.83 bits per heavy atom. The summed E-state index contributed by atoms with van der Waals surface area (Å²) in [7, 11) is 0. The van der Waals surface area contributed by atoms with Gasteiger partial charge in [-0.3, -0.25) is 14.5 Å². The summed E-state index contributed by atoms with van der Waals surface area (Å²) in [5, 5.41) is 2.88. The number of amides is 2. The monoisotopic (exact) mass is 438 g/mol. The molecule has 1 N–H and O–H groups in total. The third-order valence-electron chi connectivity index (χ3n) is 4.38. The molecule has 0 aromatic heterocycles. The summed E-state index contributed by atoms with van der Waals surface area (Å²) in [4.78, 5) is 26.8. The minimum absolute atomic E-state index is 0.108. The molecule has 30 heavy (non-hydrogen) atoms. The second-order valence-corrected chi connectivity index (χ2v) is 8.18. The molecule has 2 amide bonds. The molecule has 0 radical (unpaired) electrons. The first-order valence-electron chi connectivity index (χ1n) is 9.48. The van der Waals surface area contributed by atoms with E-state index in [0.717, 1.165) is 23.2 Å². The maximum Gasteiger partial charge on any atom is 0.266 e. The predicted molar refractivity (Wildman–Crippen MR) is 126 cm³/mol. The Hall–Kier alpha value is -2.90. The van der Waals surface area contributed by atoms with E-state index in [9.17, 15) is 9.59 Å². The molecule has 7 heteroatoms. The molecule has 0 aliphatic carbocycles. The van der Waals surface area contributed by atoms with Crippen molar-refractivity contribution in [3.05, 3.63) is 77.2 Å². The molecular weight excluding hydrogens is 416 g/mol. The van der Waals surface area contributed by atoms with Crippen molar-refractivity contribution in [1.82, 2.24) is 4.90 Å². The fourth-order valence-corrected chi connectivity index (χ4v) is 4.19. The Kier molecular flexibility index (Phi) is 7.43. The lowest BCUT2D eigenvalue weighted by Gasteiger charge is -2.11. The van der Waals surface area contributed by atoms with Crippen LogP contribution in [-0.4, -0.2) is 34.2 Å². The largest absolute Gasteiger partial charge is 0.484 e. The number of hydrogen-bond acceptors (Lipinski definition) is 5. The first-order chi connectivity index (χ1) is 14.5. The van der Waals surface area contributed by atoms with E-state index in [0.29, 0.717) is 21.5 Å².